The Hall–Kier alpha value is -4.48. The molecule has 1 atom stereocenters. The van der Waals surface area contributed by atoms with Gasteiger partial charge in [-0.1, -0.05) is 6.07 Å². The average Bonchev–Trinajstić information content (AvgIpc) is 3.18. The molecule has 3 aliphatic rings. The van der Waals surface area contributed by atoms with Crippen molar-refractivity contribution in [1.29, 1.82) is 0 Å². The van der Waals surface area contributed by atoms with Crippen molar-refractivity contribution in [2.75, 3.05) is 17.3 Å². The molecule has 12 heteroatoms. The van der Waals surface area contributed by atoms with Crippen LogP contribution in [0.1, 0.15) is 44.7 Å². The van der Waals surface area contributed by atoms with Gasteiger partial charge in [-0.3, -0.25) is 29.3 Å². The van der Waals surface area contributed by atoms with Gasteiger partial charge in [-0.15, -0.1) is 0 Å². The number of carbonyl (C=O) groups is 5. The Labute approximate surface area is 207 Å². The second kappa shape index (κ2) is 8.57. The summed E-state index contributed by atoms with van der Waals surface area (Å²) in [5.41, 5.74) is -0.193. The van der Waals surface area contributed by atoms with E-state index in [1.165, 1.54) is 11.9 Å². The number of fused-ring (bicyclic) bond motifs is 2. The van der Waals surface area contributed by atoms with Crippen LogP contribution in [0.25, 0.3) is 0 Å². The maximum absolute atomic E-state index is 13.1. The first-order chi connectivity index (χ1) is 17.5. The summed E-state index contributed by atoms with van der Waals surface area (Å²) < 4.78 is 39.3. The smallest absolute Gasteiger partial charge is 0.360 e. The molecule has 2 aromatic rings. The number of halogens is 3. The minimum absolute atomic E-state index is 0.0550. The molecule has 0 aliphatic carbocycles. The van der Waals surface area contributed by atoms with E-state index in [4.69, 9.17) is 0 Å². The number of likely N-dealkylation sites (N-methyl/N-ethyl adjacent to an activating group) is 1. The largest absolute Gasteiger partial charge is 0.416 e. The molecule has 37 heavy (non-hydrogen) atoms. The molecule has 2 N–H and O–H groups in total. The first kappa shape index (κ1) is 24.2. The zero-order valence-electron chi connectivity index (χ0n) is 19.3. The first-order valence-electron chi connectivity index (χ1n) is 11.2. The SMILES string of the molecule is CN1C(=O)/C(=C\Nc2cccc3c2CN(C2CCC(=O)NC2=O)C3=O)C(=O)c2ccc(C(F)(F)F)cc21. The fourth-order valence-corrected chi connectivity index (χ4v) is 4.71. The van der Waals surface area contributed by atoms with E-state index < -0.39 is 41.3 Å². The Morgan fingerprint density at radius 2 is 1.78 bits per heavy atom. The van der Waals surface area contributed by atoms with Crippen LogP contribution in [-0.2, 0) is 27.1 Å². The van der Waals surface area contributed by atoms with Crippen molar-refractivity contribution in [3.8, 4) is 0 Å². The zero-order chi connectivity index (χ0) is 26.6. The Morgan fingerprint density at radius 3 is 2.49 bits per heavy atom. The van der Waals surface area contributed by atoms with Crippen molar-refractivity contribution >= 4 is 40.8 Å². The number of hydrogen-bond acceptors (Lipinski definition) is 6. The van der Waals surface area contributed by atoms with E-state index in [9.17, 15) is 37.1 Å². The minimum atomic E-state index is -4.63. The molecule has 5 rings (SSSR count). The van der Waals surface area contributed by atoms with Crippen LogP contribution in [0.4, 0.5) is 24.5 Å². The second-order valence-electron chi connectivity index (χ2n) is 8.86. The molecular weight excluding hydrogens is 493 g/mol. The molecule has 1 fully saturated rings. The van der Waals surface area contributed by atoms with E-state index in [1.54, 1.807) is 18.2 Å². The summed E-state index contributed by atoms with van der Waals surface area (Å²) in [6, 6.07) is 6.57. The van der Waals surface area contributed by atoms with E-state index in [0.29, 0.717) is 16.8 Å². The third-order valence-electron chi connectivity index (χ3n) is 6.66. The quantitative estimate of drug-likeness (QED) is 0.371. The van der Waals surface area contributed by atoms with Crippen LogP contribution in [0, 0.1) is 0 Å². The van der Waals surface area contributed by atoms with Gasteiger partial charge in [0, 0.05) is 48.6 Å². The van der Waals surface area contributed by atoms with Crippen molar-refractivity contribution < 1.29 is 37.1 Å². The summed E-state index contributed by atoms with van der Waals surface area (Å²) in [6.07, 6.45) is -3.16. The molecule has 0 radical (unpaired) electrons. The summed E-state index contributed by atoms with van der Waals surface area (Å²) in [6.45, 7) is 0.0671. The summed E-state index contributed by atoms with van der Waals surface area (Å²) >= 11 is 0. The Kier molecular flexibility index (Phi) is 5.61. The highest BCUT2D eigenvalue weighted by molar-refractivity contribution is 6.34. The van der Waals surface area contributed by atoms with E-state index in [2.05, 4.69) is 10.6 Å². The fourth-order valence-electron chi connectivity index (χ4n) is 4.71. The minimum Gasteiger partial charge on any atom is -0.360 e. The summed E-state index contributed by atoms with van der Waals surface area (Å²) in [4.78, 5) is 65.0. The number of nitrogens with zero attached hydrogens (tertiary/aromatic N) is 2. The Bertz CT molecular complexity index is 1430. The number of carbonyl (C=O) groups excluding carboxylic acids is 5. The molecular formula is C25H19F3N4O5. The second-order valence-corrected chi connectivity index (χ2v) is 8.86. The molecule has 1 unspecified atom stereocenters. The lowest BCUT2D eigenvalue weighted by Gasteiger charge is -2.29. The van der Waals surface area contributed by atoms with E-state index in [0.717, 1.165) is 29.3 Å². The van der Waals surface area contributed by atoms with Gasteiger partial charge in [-0.2, -0.15) is 13.2 Å². The Balaban J connectivity index is 1.42. The highest BCUT2D eigenvalue weighted by Gasteiger charge is 2.40. The lowest BCUT2D eigenvalue weighted by Crippen LogP contribution is -2.52. The van der Waals surface area contributed by atoms with E-state index in [1.807, 2.05) is 0 Å². The number of rotatable bonds is 3. The number of anilines is 2. The summed E-state index contributed by atoms with van der Waals surface area (Å²) in [7, 11) is 1.28. The fraction of sp³-hybridized carbons (Fsp3) is 0.240. The summed E-state index contributed by atoms with van der Waals surface area (Å²) in [5, 5.41) is 5.11. The third-order valence-corrected chi connectivity index (χ3v) is 6.66. The number of Topliss-reactive ketones (excluding diaryl/α,β-unsaturated/α-hetero) is 1. The first-order valence-corrected chi connectivity index (χ1v) is 11.2. The van der Waals surface area contributed by atoms with Gasteiger partial charge in [0.1, 0.15) is 11.6 Å². The van der Waals surface area contributed by atoms with Crippen LogP contribution in [0.2, 0.25) is 0 Å². The predicted molar refractivity (Wildman–Crippen MR) is 123 cm³/mol. The number of hydrogen-bond donors (Lipinski definition) is 2. The van der Waals surface area contributed by atoms with Crippen molar-refractivity contribution in [3.63, 3.8) is 0 Å². The number of ketones is 1. The van der Waals surface area contributed by atoms with Gasteiger partial charge >= 0.3 is 6.18 Å². The maximum Gasteiger partial charge on any atom is 0.416 e. The zero-order valence-corrected chi connectivity index (χ0v) is 19.3. The maximum atomic E-state index is 13.1. The number of benzene rings is 2. The molecule has 3 heterocycles. The van der Waals surface area contributed by atoms with Gasteiger partial charge in [0.25, 0.3) is 11.8 Å². The molecule has 1 saturated heterocycles. The lowest BCUT2D eigenvalue weighted by atomic mass is 9.94. The van der Waals surface area contributed by atoms with Gasteiger partial charge in [0.15, 0.2) is 0 Å². The van der Waals surface area contributed by atoms with Crippen molar-refractivity contribution in [1.82, 2.24) is 10.2 Å². The van der Waals surface area contributed by atoms with Crippen LogP contribution in [-0.4, -0.2) is 47.4 Å². The number of imide groups is 1. The number of piperidine rings is 1. The lowest BCUT2D eigenvalue weighted by molar-refractivity contribution is -0.138. The average molecular weight is 512 g/mol. The van der Waals surface area contributed by atoms with E-state index >= 15 is 0 Å². The van der Waals surface area contributed by atoms with Gasteiger partial charge < -0.3 is 15.1 Å². The molecule has 0 spiro atoms. The van der Waals surface area contributed by atoms with Crippen LogP contribution < -0.4 is 15.5 Å². The topological polar surface area (TPSA) is 116 Å². The molecule has 2 aromatic carbocycles. The van der Waals surface area contributed by atoms with Crippen molar-refractivity contribution in [2.45, 2.75) is 31.6 Å². The predicted octanol–water partition coefficient (Wildman–Crippen LogP) is 2.62. The van der Waals surface area contributed by atoms with E-state index in [-0.39, 0.29) is 42.1 Å². The third kappa shape index (κ3) is 4.03. The number of nitrogens with one attached hydrogen (secondary N) is 2. The molecule has 9 nitrogen and oxygen atoms in total. The molecule has 3 aliphatic heterocycles. The molecule has 0 bridgehead atoms. The number of amides is 4. The highest BCUT2D eigenvalue weighted by atomic mass is 19.4. The standard InChI is InChI=1S/C25H19F3N4O5/c1-31-19-9-12(25(26,27)28)5-6-14(19)21(34)15(23(31)36)10-29-17-4-2-3-13-16(17)11-32(24(13)37)18-7-8-20(33)30-22(18)35/h2-6,9-10,18,29H,7-8,11H2,1H3,(H,30,33,35)/b15-10-. The van der Waals surface area contributed by atoms with Crippen LogP contribution >= 0.6 is 0 Å². The van der Waals surface area contributed by atoms with Crippen molar-refractivity contribution in [3.05, 3.63) is 70.4 Å². The van der Waals surface area contributed by atoms with Gasteiger partial charge in [-0.05, 0) is 36.8 Å². The van der Waals surface area contributed by atoms with Gasteiger partial charge in [-0.25, -0.2) is 0 Å². The van der Waals surface area contributed by atoms with Crippen molar-refractivity contribution in [2.24, 2.45) is 0 Å². The van der Waals surface area contributed by atoms with Crippen LogP contribution in [0.5, 0.6) is 0 Å². The number of alkyl halides is 3. The van der Waals surface area contributed by atoms with Crippen LogP contribution in [0.15, 0.2) is 48.2 Å². The van der Waals surface area contributed by atoms with Gasteiger partial charge in [0.2, 0.25) is 17.6 Å². The normalized spacial score (nSPS) is 20.8. The highest BCUT2D eigenvalue weighted by Crippen LogP contribution is 2.37. The molecule has 0 aromatic heterocycles. The molecule has 190 valence electrons. The molecule has 0 saturated carbocycles. The van der Waals surface area contributed by atoms with Crippen LogP contribution in [0.3, 0.4) is 0 Å². The Morgan fingerprint density at radius 1 is 1.03 bits per heavy atom. The monoisotopic (exact) mass is 512 g/mol. The molecule has 4 amide bonds. The summed E-state index contributed by atoms with van der Waals surface area (Å²) in [5.74, 6) is -2.88. The van der Waals surface area contributed by atoms with Gasteiger partial charge in [0.05, 0.1) is 11.3 Å².